The number of hydrogen-bond acceptors (Lipinski definition) is 4. The summed E-state index contributed by atoms with van der Waals surface area (Å²) in [4.78, 5) is 11.9. The van der Waals surface area contributed by atoms with Gasteiger partial charge in [0, 0.05) is 12.8 Å². The molecule has 6 heteroatoms. The van der Waals surface area contributed by atoms with Crippen LogP contribution in [0.2, 0.25) is 0 Å². The highest BCUT2D eigenvalue weighted by Gasteiger charge is 2.31. The molecule has 3 N–H and O–H groups in total. The zero-order valence-electron chi connectivity index (χ0n) is 11.4. The predicted molar refractivity (Wildman–Crippen MR) is 75.3 cm³/mol. The summed E-state index contributed by atoms with van der Waals surface area (Å²) in [6.07, 6.45) is 1.15. The van der Waals surface area contributed by atoms with Gasteiger partial charge in [0.05, 0.1) is 4.75 Å². The van der Waals surface area contributed by atoms with E-state index in [0.717, 1.165) is 6.26 Å². The third kappa shape index (κ3) is 4.04. The molecule has 19 heavy (non-hydrogen) atoms. The van der Waals surface area contributed by atoms with Gasteiger partial charge >= 0.3 is 0 Å². The van der Waals surface area contributed by atoms with Gasteiger partial charge < -0.3 is 11.1 Å². The van der Waals surface area contributed by atoms with Crippen molar-refractivity contribution in [3.8, 4) is 0 Å². The minimum absolute atomic E-state index is 0.0329. The van der Waals surface area contributed by atoms with E-state index >= 15 is 0 Å². The van der Waals surface area contributed by atoms with E-state index in [4.69, 9.17) is 5.73 Å². The zero-order valence-corrected chi connectivity index (χ0v) is 12.2. The van der Waals surface area contributed by atoms with Crippen molar-refractivity contribution in [2.45, 2.75) is 24.6 Å². The van der Waals surface area contributed by atoms with Crippen molar-refractivity contribution >= 4 is 15.7 Å². The topological polar surface area (TPSA) is 89.3 Å². The number of amides is 1. The minimum atomic E-state index is -3.24. The second kappa shape index (κ2) is 5.71. The molecule has 1 amide bonds. The standard InChI is InChI=1S/C13H20N2O3S/c1-13(2,19(3,17)18)9-15-12(16)11(14)10-7-5-4-6-8-10/h4-8,11H,9,14H2,1-3H3,(H,15,16)/t11-/m1/s1. The first kappa shape index (κ1) is 15.7. The third-order valence-corrected chi connectivity index (χ3v) is 5.29. The molecule has 0 saturated carbocycles. The van der Waals surface area contributed by atoms with Crippen molar-refractivity contribution in [1.82, 2.24) is 5.32 Å². The van der Waals surface area contributed by atoms with E-state index in [0.29, 0.717) is 5.56 Å². The molecule has 0 aliphatic heterocycles. The lowest BCUT2D eigenvalue weighted by Gasteiger charge is -2.23. The van der Waals surface area contributed by atoms with Crippen LogP contribution in [0.3, 0.4) is 0 Å². The quantitative estimate of drug-likeness (QED) is 0.829. The van der Waals surface area contributed by atoms with Gasteiger partial charge in [-0.25, -0.2) is 8.42 Å². The molecule has 106 valence electrons. The van der Waals surface area contributed by atoms with Gasteiger partial charge in [-0.3, -0.25) is 4.79 Å². The molecule has 0 aliphatic rings. The molecule has 1 atom stereocenters. The van der Waals surface area contributed by atoms with Gasteiger partial charge in [0.1, 0.15) is 6.04 Å². The van der Waals surface area contributed by atoms with Crippen molar-refractivity contribution in [3.05, 3.63) is 35.9 Å². The van der Waals surface area contributed by atoms with Crippen molar-refractivity contribution < 1.29 is 13.2 Å². The molecule has 5 nitrogen and oxygen atoms in total. The van der Waals surface area contributed by atoms with Crippen molar-refractivity contribution in [1.29, 1.82) is 0 Å². The van der Waals surface area contributed by atoms with Gasteiger partial charge in [-0.15, -0.1) is 0 Å². The smallest absolute Gasteiger partial charge is 0.241 e. The first-order chi connectivity index (χ1) is 8.65. The van der Waals surface area contributed by atoms with Crippen LogP contribution in [0.1, 0.15) is 25.5 Å². The zero-order chi connectivity index (χ0) is 14.7. The summed E-state index contributed by atoms with van der Waals surface area (Å²) in [5.41, 5.74) is 6.51. The number of nitrogens with two attached hydrogens (primary N) is 1. The van der Waals surface area contributed by atoms with E-state index in [2.05, 4.69) is 5.32 Å². The van der Waals surface area contributed by atoms with Crippen LogP contribution < -0.4 is 11.1 Å². The van der Waals surface area contributed by atoms with Gasteiger partial charge in [-0.05, 0) is 19.4 Å². The summed E-state index contributed by atoms with van der Waals surface area (Å²) in [7, 11) is -3.24. The largest absolute Gasteiger partial charge is 0.353 e. The number of nitrogens with one attached hydrogen (secondary N) is 1. The van der Waals surface area contributed by atoms with Crippen LogP contribution in [0.25, 0.3) is 0 Å². The van der Waals surface area contributed by atoms with Crippen LogP contribution in [-0.4, -0.2) is 31.9 Å². The first-order valence-electron chi connectivity index (χ1n) is 5.93. The summed E-state index contributed by atoms with van der Waals surface area (Å²) in [6, 6.07) is 8.14. The molecule has 0 heterocycles. The fourth-order valence-electron chi connectivity index (χ4n) is 1.35. The molecular formula is C13H20N2O3S. The highest BCUT2D eigenvalue weighted by molar-refractivity contribution is 7.92. The Morgan fingerprint density at radius 2 is 1.84 bits per heavy atom. The van der Waals surface area contributed by atoms with Crippen LogP contribution in [0, 0.1) is 0 Å². The Labute approximate surface area is 114 Å². The average Bonchev–Trinajstić information content (AvgIpc) is 2.35. The van der Waals surface area contributed by atoms with Gasteiger partial charge in [0.15, 0.2) is 9.84 Å². The van der Waals surface area contributed by atoms with Crippen LogP contribution in [0.4, 0.5) is 0 Å². The second-order valence-corrected chi connectivity index (χ2v) is 7.79. The molecule has 1 aromatic carbocycles. The first-order valence-corrected chi connectivity index (χ1v) is 7.82. The van der Waals surface area contributed by atoms with Gasteiger partial charge in [0.2, 0.25) is 5.91 Å². The summed E-state index contributed by atoms with van der Waals surface area (Å²) >= 11 is 0. The van der Waals surface area contributed by atoms with Crippen molar-refractivity contribution in [3.63, 3.8) is 0 Å². The maximum absolute atomic E-state index is 11.9. The monoisotopic (exact) mass is 284 g/mol. The molecule has 0 aliphatic carbocycles. The molecule has 0 saturated heterocycles. The summed E-state index contributed by atoms with van der Waals surface area (Å²) in [6.45, 7) is 3.17. The lowest BCUT2D eigenvalue weighted by atomic mass is 10.1. The SMILES string of the molecule is CC(C)(CNC(=O)[C@H](N)c1ccccc1)S(C)(=O)=O. The van der Waals surface area contributed by atoms with Crippen LogP contribution in [0.15, 0.2) is 30.3 Å². The molecule has 1 rings (SSSR count). The molecule has 0 bridgehead atoms. The maximum Gasteiger partial charge on any atom is 0.241 e. The van der Waals surface area contributed by atoms with Crippen molar-refractivity contribution in [2.75, 3.05) is 12.8 Å². The number of sulfone groups is 1. The number of benzene rings is 1. The van der Waals surface area contributed by atoms with E-state index in [1.165, 1.54) is 0 Å². The van der Waals surface area contributed by atoms with Gasteiger partial charge in [0.25, 0.3) is 0 Å². The lowest BCUT2D eigenvalue weighted by molar-refractivity contribution is -0.122. The Morgan fingerprint density at radius 3 is 2.32 bits per heavy atom. The average molecular weight is 284 g/mol. The highest BCUT2D eigenvalue weighted by atomic mass is 32.2. The molecule has 0 aromatic heterocycles. The number of carbonyl (C=O) groups is 1. The lowest BCUT2D eigenvalue weighted by Crippen LogP contribution is -2.46. The van der Waals surface area contributed by atoms with Crippen LogP contribution in [-0.2, 0) is 14.6 Å². The Balaban J connectivity index is 2.67. The Hall–Kier alpha value is -1.40. The Kier molecular flexibility index (Phi) is 4.70. The summed E-state index contributed by atoms with van der Waals surface area (Å²) in [5, 5.41) is 2.58. The molecule has 0 fully saturated rings. The van der Waals surface area contributed by atoms with E-state index in [9.17, 15) is 13.2 Å². The minimum Gasteiger partial charge on any atom is -0.353 e. The van der Waals surface area contributed by atoms with Crippen LogP contribution >= 0.6 is 0 Å². The number of hydrogen-bond donors (Lipinski definition) is 2. The van der Waals surface area contributed by atoms with Gasteiger partial charge in [-0.1, -0.05) is 30.3 Å². The maximum atomic E-state index is 11.9. The second-order valence-electron chi connectivity index (χ2n) is 5.14. The van der Waals surface area contributed by atoms with Gasteiger partial charge in [-0.2, -0.15) is 0 Å². The summed E-state index contributed by atoms with van der Waals surface area (Å²) < 4.78 is 22.0. The fraction of sp³-hybridized carbons (Fsp3) is 0.462. The van der Waals surface area contributed by atoms with E-state index in [1.54, 1.807) is 38.1 Å². The molecule has 0 radical (unpaired) electrons. The predicted octanol–water partition coefficient (Wildman–Crippen LogP) is 0.626. The van der Waals surface area contributed by atoms with E-state index < -0.39 is 20.6 Å². The summed E-state index contributed by atoms with van der Waals surface area (Å²) in [5.74, 6) is -0.386. The van der Waals surface area contributed by atoms with E-state index in [-0.39, 0.29) is 12.5 Å². The molecular weight excluding hydrogens is 264 g/mol. The Morgan fingerprint density at radius 1 is 1.32 bits per heavy atom. The highest BCUT2D eigenvalue weighted by Crippen LogP contribution is 2.14. The third-order valence-electron chi connectivity index (χ3n) is 3.13. The number of rotatable bonds is 5. The molecule has 1 aromatic rings. The normalized spacial score (nSPS) is 13.9. The molecule has 0 unspecified atom stereocenters. The number of carbonyl (C=O) groups excluding carboxylic acids is 1. The van der Waals surface area contributed by atoms with Crippen LogP contribution in [0.5, 0.6) is 0 Å². The fourth-order valence-corrected chi connectivity index (χ4v) is 1.69. The van der Waals surface area contributed by atoms with E-state index in [1.807, 2.05) is 6.07 Å². The Bertz CT molecular complexity index is 538. The van der Waals surface area contributed by atoms with Crippen molar-refractivity contribution in [2.24, 2.45) is 5.73 Å². The molecule has 0 spiro atoms.